The lowest BCUT2D eigenvalue weighted by atomic mass is 9.75. The van der Waals surface area contributed by atoms with Crippen molar-refractivity contribution in [2.45, 2.75) is 71.4 Å². The van der Waals surface area contributed by atoms with Gasteiger partial charge < -0.3 is 61.3 Å². The van der Waals surface area contributed by atoms with Crippen LogP contribution in [0.25, 0.3) is 44.2 Å². The Morgan fingerprint density at radius 1 is 0.553 bits per heavy atom. The predicted molar refractivity (Wildman–Crippen MR) is 331 cm³/mol. The molecule has 0 unspecified atom stereocenters. The van der Waals surface area contributed by atoms with Crippen molar-refractivity contribution in [2.24, 2.45) is 21.1 Å². The zero-order valence-corrected chi connectivity index (χ0v) is 50.9. The van der Waals surface area contributed by atoms with Crippen molar-refractivity contribution in [1.82, 2.24) is 28.7 Å². The number of aromatic hydroxyl groups is 1. The number of methoxy groups -OCH3 is 2. The van der Waals surface area contributed by atoms with Crippen LogP contribution in [0.4, 0.5) is 0 Å². The summed E-state index contributed by atoms with van der Waals surface area (Å²) in [6.45, 7) is 13.1. The summed E-state index contributed by atoms with van der Waals surface area (Å²) in [5.74, 6) is 2.93. The summed E-state index contributed by atoms with van der Waals surface area (Å²) in [6, 6.07) is 26.6. The Kier molecular flexibility index (Phi) is 19.9. The SMILES string of the molecule is CC1(C)OB(C2=CCOCC2)OC1(C)C.COc1ccc(COc2cc(Br)cc3ncc(=O)n(C)c23)cc1.COc1ccc(COc2cc(C3=CCOCC3)cc3ncc(=O)n(C)c23)cc1.Cn1c(=O)cnc2cc(C3=CCOCC3)cc(O)c21. The van der Waals surface area contributed by atoms with E-state index in [1.165, 1.54) is 38.8 Å². The topological polar surface area (TPSA) is 208 Å². The molecule has 1 fully saturated rings. The number of hydrogen-bond acceptors (Lipinski definition) is 16. The highest BCUT2D eigenvalue weighted by molar-refractivity contribution is 9.10. The van der Waals surface area contributed by atoms with E-state index in [0.717, 1.165) is 75.2 Å². The third-order valence-electron chi connectivity index (χ3n) is 15.4. The first-order valence-electron chi connectivity index (χ1n) is 27.8. The second-order valence-electron chi connectivity index (χ2n) is 21.5. The second kappa shape index (κ2) is 27.4. The lowest BCUT2D eigenvalue weighted by molar-refractivity contribution is 0.00578. The van der Waals surface area contributed by atoms with Crippen LogP contribution >= 0.6 is 15.9 Å². The molecule has 444 valence electrons. The van der Waals surface area contributed by atoms with Crippen LogP contribution in [0.15, 0.2) is 146 Å². The van der Waals surface area contributed by atoms with E-state index in [0.29, 0.717) is 85.3 Å². The van der Waals surface area contributed by atoms with Gasteiger partial charge in [-0.25, -0.2) is 15.0 Å². The molecule has 0 bridgehead atoms. The molecule has 85 heavy (non-hydrogen) atoms. The molecular formula is C64H70BBrN6O13. The van der Waals surface area contributed by atoms with Crippen LogP contribution in [0, 0.1) is 0 Å². The summed E-state index contributed by atoms with van der Waals surface area (Å²) in [5, 5.41) is 10.1. The van der Waals surface area contributed by atoms with E-state index in [2.05, 4.69) is 70.7 Å². The minimum Gasteiger partial charge on any atom is -0.506 e. The van der Waals surface area contributed by atoms with Gasteiger partial charge in [0.15, 0.2) is 0 Å². The largest absolute Gasteiger partial charge is 0.506 e. The number of benzene rings is 5. The number of phenols is 1. The Bertz CT molecular complexity index is 3970. The van der Waals surface area contributed by atoms with Crippen molar-refractivity contribution in [2.75, 3.05) is 53.9 Å². The van der Waals surface area contributed by atoms with Gasteiger partial charge in [0.1, 0.15) is 58.5 Å². The molecule has 0 spiro atoms. The maximum atomic E-state index is 12.1. The van der Waals surface area contributed by atoms with E-state index in [1.54, 1.807) is 46.0 Å². The number of aromatic nitrogens is 6. The van der Waals surface area contributed by atoms with Gasteiger partial charge in [0.05, 0.1) is 100 Å². The molecule has 0 saturated carbocycles. The molecule has 4 aliphatic rings. The zero-order valence-electron chi connectivity index (χ0n) is 49.3. The maximum Gasteiger partial charge on any atom is 0.490 e. The van der Waals surface area contributed by atoms with E-state index >= 15 is 0 Å². The Labute approximate surface area is 501 Å². The Morgan fingerprint density at radius 3 is 1.40 bits per heavy atom. The number of hydrogen-bond donors (Lipinski definition) is 1. The van der Waals surface area contributed by atoms with Gasteiger partial charge in [-0.2, -0.15) is 0 Å². The van der Waals surface area contributed by atoms with Gasteiger partial charge in [-0.1, -0.05) is 58.4 Å². The average Bonchev–Trinajstić information content (AvgIpc) is 3.98. The summed E-state index contributed by atoms with van der Waals surface area (Å²) in [7, 11) is 8.16. The fourth-order valence-corrected chi connectivity index (χ4v) is 10.1. The molecule has 4 aliphatic heterocycles. The molecule has 3 aromatic heterocycles. The van der Waals surface area contributed by atoms with Crippen molar-refractivity contribution in [1.29, 1.82) is 0 Å². The molecule has 21 heteroatoms. The van der Waals surface area contributed by atoms with E-state index < -0.39 is 0 Å². The molecule has 12 rings (SSSR count). The number of fused-ring (bicyclic) bond motifs is 3. The minimum absolute atomic E-state index is 0.0765. The average molecular weight is 1220 g/mol. The highest BCUT2D eigenvalue weighted by Crippen LogP contribution is 2.40. The first-order valence-corrected chi connectivity index (χ1v) is 28.6. The molecule has 8 aromatic rings. The van der Waals surface area contributed by atoms with Crippen LogP contribution in [0.3, 0.4) is 0 Å². The normalized spacial score (nSPS) is 16.1. The summed E-state index contributed by atoms with van der Waals surface area (Å²) >= 11 is 3.45. The van der Waals surface area contributed by atoms with Gasteiger partial charge in [-0.05, 0) is 146 Å². The molecule has 0 atom stereocenters. The Hall–Kier alpha value is -7.92. The molecule has 19 nitrogen and oxygen atoms in total. The quantitative estimate of drug-likeness (QED) is 0.120. The lowest BCUT2D eigenvalue weighted by Crippen LogP contribution is -2.41. The number of rotatable bonds is 11. The van der Waals surface area contributed by atoms with E-state index in [1.807, 2.05) is 84.9 Å². The first kappa shape index (κ1) is 61.6. The highest BCUT2D eigenvalue weighted by Gasteiger charge is 2.52. The van der Waals surface area contributed by atoms with Crippen LogP contribution in [0.2, 0.25) is 0 Å². The van der Waals surface area contributed by atoms with Crippen molar-refractivity contribution >= 4 is 67.3 Å². The van der Waals surface area contributed by atoms with Crippen molar-refractivity contribution in [3.05, 3.63) is 185 Å². The number of halogens is 1. The molecule has 7 heterocycles. The standard InChI is InChI=1S/C22H22N2O4.C17H15BrN2O3.C14H14N2O3.C11H19BO3/c1-24-21(25)13-23-19-11-17(16-7-9-27-10-8-16)12-20(22(19)24)28-14-15-3-5-18(26-2)6-4-15;1-20-16(21)9-19-14-7-12(18)8-15(17(14)20)23-10-11-3-5-13(22-2)6-4-11;1-16-13(18)8-15-11-6-10(7-12(17)14(11)16)9-2-4-19-5-3-9;1-10(2)11(3,4)15-12(14-10)9-5-7-13-8-6-9/h3-7,11-13H,8-10,14H2,1-2H3;3-9H,10H2,1-2H3;2,6-8,17H,3-5H2,1H3;5H,6-8H2,1-4H3. The molecule has 0 aliphatic carbocycles. The predicted octanol–water partition coefficient (Wildman–Crippen LogP) is 10.0. The highest BCUT2D eigenvalue weighted by atomic mass is 79.9. The van der Waals surface area contributed by atoms with Gasteiger partial charge in [0, 0.05) is 25.6 Å². The van der Waals surface area contributed by atoms with Gasteiger partial charge >= 0.3 is 7.12 Å². The third kappa shape index (κ3) is 14.8. The van der Waals surface area contributed by atoms with Crippen molar-refractivity contribution < 1.29 is 47.6 Å². The molecule has 0 radical (unpaired) electrons. The molecule has 1 saturated heterocycles. The third-order valence-corrected chi connectivity index (χ3v) is 15.9. The van der Waals surface area contributed by atoms with Gasteiger partial charge in [0.25, 0.3) is 16.7 Å². The van der Waals surface area contributed by atoms with Crippen LogP contribution in [-0.4, -0.2) is 106 Å². The monoisotopic (exact) mass is 1220 g/mol. The Balaban J connectivity index is 0.000000139. The number of aryl methyl sites for hydroxylation is 3. The number of phenolic OH excluding ortho intramolecular Hbond substituents is 1. The smallest absolute Gasteiger partial charge is 0.490 e. The number of ether oxygens (including phenoxy) is 7. The second-order valence-corrected chi connectivity index (χ2v) is 22.4. The molecule has 5 aromatic carbocycles. The zero-order chi connectivity index (χ0) is 60.4. The molecule has 1 N–H and O–H groups in total. The summed E-state index contributed by atoms with van der Waals surface area (Å²) < 4.78 is 55.7. The van der Waals surface area contributed by atoms with Crippen molar-refractivity contribution in [3.63, 3.8) is 0 Å². The maximum absolute atomic E-state index is 12.1. The fraction of sp³-hybridized carbons (Fsp3) is 0.344. The van der Waals surface area contributed by atoms with Crippen LogP contribution in [0.5, 0.6) is 28.7 Å². The van der Waals surface area contributed by atoms with Gasteiger partial charge in [-0.15, -0.1) is 0 Å². The van der Waals surface area contributed by atoms with E-state index in [4.69, 9.17) is 42.5 Å². The Morgan fingerprint density at radius 2 is 0.965 bits per heavy atom. The van der Waals surface area contributed by atoms with E-state index in [-0.39, 0.29) is 40.7 Å². The summed E-state index contributed by atoms with van der Waals surface area (Å²) in [4.78, 5) is 48.1. The minimum atomic E-state index is -0.239. The molecular weight excluding hydrogens is 1150 g/mol. The molecule has 0 amide bonds. The van der Waals surface area contributed by atoms with Crippen molar-refractivity contribution in [3.8, 4) is 28.7 Å². The van der Waals surface area contributed by atoms with Crippen LogP contribution in [-0.2, 0) is 57.9 Å². The van der Waals surface area contributed by atoms with Gasteiger partial charge in [0.2, 0.25) is 0 Å². The van der Waals surface area contributed by atoms with Gasteiger partial charge in [-0.3, -0.25) is 14.4 Å². The van der Waals surface area contributed by atoms with Crippen LogP contribution in [0.1, 0.15) is 69.2 Å². The summed E-state index contributed by atoms with van der Waals surface area (Å²) in [5.41, 5.74) is 10.4. The summed E-state index contributed by atoms with van der Waals surface area (Å²) in [6.07, 6.45) is 12.7. The number of nitrogens with zero attached hydrogens (tertiary/aromatic N) is 6. The van der Waals surface area contributed by atoms with E-state index in [9.17, 15) is 19.5 Å². The fourth-order valence-electron chi connectivity index (χ4n) is 9.72. The lowest BCUT2D eigenvalue weighted by Gasteiger charge is -2.32. The first-order chi connectivity index (χ1) is 40.8. The van der Waals surface area contributed by atoms with Crippen LogP contribution < -0.4 is 35.6 Å².